The third kappa shape index (κ3) is 3.25. The van der Waals surface area contributed by atoms with Crippen LogP contribution in [-0.4, -0.2) is 17.2 Å². The minimum absolute atomic E-state index is 0.483. The molecule has 17 heavy (non-hydrogen) atoms. The van der Waals surface area contributed by atoms with E-state index in [1.54, 1.807) is 6.07 Å². The molecule has 0 spiro atoms. The summed E-state index contributed by atoms with van der Waals surface area (Å²) < 4.78 is 6.49. The molecule has 0 unspecified atom stereocenters. The Bertz CT molecular complexity index is 487. The molecule has 0 aliphatic rings. The Hall–Kier alpha value is -1.46. The average Bonchev–Trinajstić information content (AvgIpc) is 2.35. The highest BCUT2D eigenvalue weighted by atomic mass is 79.9. The van der Waals surface area contributed by atoms with Crippen molar-refractivity contribution in [1.82, 2.24) is 15.5 Å². The molecule has 2 aromatic rings. The third-order valence-electron chi connectivity index (χ3n) is 2.10. The molecule has 1 aromatic heterocycles. The highest BCUT2D eigenvalue weighted by Crippen LogP contribution is 2.27. The summed E-state index contributed by atoms with van der Waals surface area (Å²) in [6.45, 7) is 0.697. The normalized spacial score (nSPS) is 10.2. The van der Waals surface area contributed by atoms with Gasteiger partial charge in [-0.2, -0.15) is 5.10 Å². The number of nitrogens with zero attached hydrogens (tertiary/aromatic N) is 2. The Kier molecular flexibility index (Phi) is 4.06. The van der Waals surface area contributed by atoms with E-state index < -0.39 is 0 Å². The van der Waals surface area contributed by atoms with Crippen LogP contribution in [0.5, 0.6) is 11.6 Å². The number of ether oxygens (including phenoxy) is 1. The van der Waals surface area contributed by atoms with Crippen LogP contribution in [0.1, 0.15) is 5.69 Å². The maximum absolute atomic E-state index is 5.60. The Morgan fingerprint density at radius 3 is 2.65 bits per heavy atom. The summed E-state index contributed by atoms with van der Waals surface area (Å²) in [5.41, 5.74) is 0.881. The fourth-order valence-electron chi connectivity index (χ4n) is 1.32. The van der Waals surface area contributed by atoms with E-state index in [0.29, 0.717) is 12.4 Å². The van der Waals surface area contributed by atoms with Crippen LogP contribution in [0.25, 0.3) is 0 Å². The number of halogens is 1. The van der Waals surface area contributed by atoms with Crippen molar-refractivity contribution in [2.75, 3.05) is 7.05 Å². The summed E-state index contributed by atoms with van der Waals surface area (Å²) in [5, 5.41) is 11.1. The van der Waals surface area contributed by atoms with Gasteiger partial charge in [0, 0.05) is 12.6 Å². The summed E-state index contributed by atoms with van der Waals surface area (Å²) >= 11 is 3.41. The number of nitrogens with one attached hydrogen (secondary N) is 1. The summed E-state index contributed by atoms with van der Waals surface area (Å²) in [6.07, 6.45) is 0. The van der Waals surface area contributed by atoms with Crippen molar-refractivity contribution in [1.29, 1.82) is 0 Å². The Morgan fingerprint density at radius 2 is 2.00 bits per heavy atom. The Morgan fingerprint density at radius 1 is 1.18 bits per heavy atom. The topological polar surface area (TPSA) is 47.0 Å². The monoisotopic (exact) mass is 293 g/mol. The van der Waals surface area contributed by atoms with Crippen molar-refractivity contribution >= 4 is 15.9 Å². The first kappa shape index (κ1) is 12.0. The van der Waals surface area contributed by atoms with Crippen LogP contribution in [0, 0.1) is 0 Å². The zero-order chi connectivity index (χ0) is 12.1. The zero-order valence-corrected chi connectivity index (χ0v) is 10.9. The van der Waals surface area contributed by atoms with Gasteiger partial charge in [-0.15, -0.1) is 5.10 Å². The maximum Gasteiger partial charge on any atom is 0.238 e. The molecule has 0 fully saturated rings. The van der Waals surface area contributed by atoms with Gasteiger partial charge < -0.3 is 10.1 Å². The van der Waals surface area contributed by atoms with Crippen LogP contribution in [0.2, 0.25) is 0 Å². The highest BCUT2D eigenvalue weighted by molar-refractivity contribution is 9.10. The molecule has 0 amide bonds. The lowest BCUT2D eigenvalue weighted by atomic mass is 10.3. The highest BCUT2D eigenvalue weighted by Gasteiger charge is 2.03. The van der Waals surface area contributed by atoms with Gasteiger partial charge in [0.05, 0.1) is 10.2 Å². The second kappa shape index (κ2) is 5.75. The summed E-state index contributed by atoms with van der Waals surface area (Å²) in [6, 6.07) is 11.3. The lowest BCUT2D eigenvalue weighted by Crippen LogP contribution is -2.07. The van der Waals surface area contributed by atoms with Crippen LogP contribution in [-0.2, 0) is 6.54 Å². The fourth-order valence-corrected chi connectivity index (χ4v) is 1.68. The van der Waals surface area contributed by atoms with Crippen LogP contribution >= 0.6 is 15.9 Å². The maximum atomic E-state index is 5.60. The van der Waals surface area contributed by atoms with E-state index in [1.165, 1.54) is 0 Å². The van der Waals surface area contributed by atoms with Crippen LogP contribution in [0.15, 0.2) is 40.9 Å². The van der Waals surface area contributed by atoms with E-state index >= 15 is 0 Å². The number of para-hydroxylation sites is 1. The van der Waals surface area contributed by atoms with Crippen molar-refractivity contribution in [3.63, 3.8) is 0 Å². The zero-order valence-electron chi connectivity index (χ0n) is 9.35. The van der Waals surface area contributed by atoms with E-state index in [0.717, 1.165) is 15.9 Å². The number of rotatable bonds is 4. The van der Waals surface area contributed by atoms with Crippen molar-refractivity contribution in [3.8, 4) is 11.6 Å². The lowest BCUT2D eigenvalue weighted by molar-refractivity contribution is 0.451. The second-order valence-corrected chi connectivity index (χ2v) is 4.28. The first-order chi connectivity index (χ1) is 8.29. The summed E-state index contributed by atoms with van der Waals surface area (Å²) in [4.78, 5) is 0. The lowest BCUT2D eigenvalue weighted by Gasteiger charge is -2.06. The Labute approximate surface area is 108 Å². The molecule has 1 heterocycles. The molecule has 0 atom stereocenters. The average molecular weight is 294 g/mol. The second-order valence-electron chi connectivity index (χ2n) is 3.43. The molecule has 0 saturated heterocycles. The first-order valence-corrected chi connectivity index (χ1v) is 5.98. The predicted molar refractivity (Wildman–Crippen MR) is 69.0 cm³/mol. The van der Waals surface area contributed by atoms with Gasteiger partial charge in [0.1, 0.15) is 5.75 Å². The van der Waals surface area contributed by atoms with Gasteiger partial charge >= 0.3 is 0 Å². The number of aromatic nitrogens is 2. The quantitative estimate of drug-likeness (QED) is 0.942. The molecular weight excluding hydrogens is 282 g/mol. The molecule has 0 aliphatic heterocycles. The minimum atomic E-state index is 0.483. The molecule has 1 aromatic carbocycles. The van der Waals surface area contributed by atoms with Crippen molar-refractivity contribution in [2.24, 2.45) is 0 Å². The van der Waals surface area contributed by atoms with Crippen molar-refractivity contribution in [3.05, 3.63) is 46.6 Å². The van der Waals surface area contributed by atoms with E-state index in [2.05, 4.69) is 31.4 Å². The standard InChI is InChI=1S/C12H12BrN3O/c1-14-8-9-6-7-12(16-15-9)17-11-5-3-2-4-10(11)13/h2-7,14H,8H2,1H3. The molecule has 1 N–H and O–H groups in total. The summed E-state index contributed by atoms with van der Waals surface area (Å²) in [5.74, 6) is 1.21. The molecule has 4 nitrogen and oxygen atoms in total. The Balaban J connectivity index is 2.11. The smallest absolute Gasteiger partial charge is 0.238 e. The molecular formula is C12H12BrN3O. The molecule has 0 saturated carbocycles. The number of hydrogen-bond donors (Lipinski definition) is 1. The van der Waals surface area contributed by atoms with Gasteiger partial charge in [0.15, 0.2) is 0 Å². The van der Waals surface area contributed by atoms with E-state index in [9.17, 15) is 0 Å². The third-order valence-corrected chi connectivity index (χ3v) is 2.76. The molecule has 0 radical (unpaired) electrons. The summed E-state index contributed by atoms with van der Waals surface area (Å²) in [7, 11) is 1.87. The fraction of sp³-hybridized carbons (Fsp3) is 0.167. The van der Waals surface area contributed by atoms with E-state index in [1.807, 2.05) is 37.4 Å². The van der Waals surface area contributed by atoms with Gasteiger partial charge in [-0.1, -0.05) is 12.1 Å². The van der Waals surface area contributed by atoms with Gasteiger partial charge in [0.2, 0.25) is 5.88 Å². The van der Waals surface area contributed by atoms with Gasteiger partial charge in [-0.25, -0.2) is 0 Å². The first-order valence-electron chi connectivity index (χ1n) is 5.19. The SMILES string of the molecule is CNCc1ccc(Oc2ccccc2Br)nn1. The van der Waals surface area contributed by atoms with Crippen LogP contribution in [0.3, 0.4) is 0 Å². The van der Waals surface area contributed by atoms with Crippen molar-refractivity contribution in [2.45, 2.75) is 6.54 Å². The predicted octanol–water partition coefficient (Wildman–Crippen LogP) is 2.75. The molecule has 0 bridgehead atoms. The van der Waals surface area contributed by atoms with Crippen LogP contribution in [0.4, 0.5) is 0 Å². The van der Waals surface area contributed by atoms with Crippen LogP contribution < -0.4 is 10.1 Å². The number of benzene rings is 1. The van der Waals surface area contributed by atoms with Crippen molar-refractivity contribution < 1.29 is 4.74 Å². The molecule has 0 aliphatic carbocycles. The van der Waals surface area contributed by atoms with E-state index in [-0.39, 0.29) is 0 Å². The van der Waals surface area contributed by atoms with Gasteiger partial charge in [0.25, 0.3) is 0 Å². The minimum Gasteiger partial charge on any atom is -0.436 e. The largest absolute Gasteiger partial charge is 0.436 e. The molecule has 2 rings (SSSR count). The van der Waals surface area contributed by atoms with E-state index in [4.69, 9.17) is 4.74 Å². The van der Waals surface area contributed by atoms with Gasteiger partial charge in [-0.3, -0.25) is 0 Å². The molecule has 5 heteroatoms. The molecule has 88 valence electrons. The van der Waals surface area contributed by atoms with Gasteiger partial charge in [-0.05, 0) is 41.2 Å². The number of hydrogen-bond acceptors (Lipinski definition) is 4.